The predicted octanol–water partition coefficient (Wildman–Crippen LogP) is 0.683. The number of carbonyl (C=O) groups excluding carboxylic acids is 2. The van der Waals surface area contributed by atoms with Gasteiger partial charge in [-0.3, -0.25) is 14.5 Å². The molecule has 2 amide bonds. The van der Waals surface area contributed by atoms with E-state index in [1.54, 1.807) is 12.3 Å². The molecular weight excluding hydrogens is 232 g/mol. The lowest BCUT2D eigenvalue weighted by Gasteiger charge is -2.13. The molecule has 1 aromatic heterocycles. The summed E-state index contributed by atoms with van der Waals surface area (Å²) >= 11 is 0. The van der Waals surface area contributed by atoms with Crippen molar-refractivity contribution in [3.8, 4) is 0 Å². The fourth-order valence-corrected chi connectivity index (χ4v) is 1.87. The van der Waals surface area contributed by atoms with Gasteiger partial charge in [0.25, 0.3) is 5.91 Å². The van der Waals surface area contributed by atoms with Crippen molar-refractivity contribution in [1.29, 1.82) is 0 Å². The lowest BCUT2D eigenvalue weighted by molar-refractivity contribution is -0.136. The molecule has 0 bridgehead atoms. The first kappa shape index (κ1) is 12.3. The number of likely N-dealkylation sites (N-methyl/N-ethyl adjacent to an activating group) is 1. The molecule has 18 heavy (non-hydrogen) atoms. The van der Waals surface area contributed by atoms with Crippen molar-refractivity contribution >= 4 is 23.3 Å². The number of imide groups is 1. The van der Waals surface area contributed by atoms with Crippen molar-refractivity contribution in [2.24, 2.45) is 0 Å². The van der Waals surface area contributed by atoms with Gasteiger partial charge in [-0.25, -0.2) is 4.98 Å². The lowest BCUT2D eigenvalue weighted by Crippen LogP contribution is -2.31. The van der Waals surface area contributed by atoms with Gasteiger partial charge in [-0.2, -0.15) is 0 Å². The second-order valence-corrected chi connectivity index (χ2v) is 4.15. The molecule has 6 nitrogen and oxygen atoms in total. The SMILES string of the molecule is CCNc1cc(NC2CC(=O)N(C)C2=O)ccn1. The highest BCUT2D eigenvalue weighted by Crippen LogP contribution is 2.18. The first-order valence-corrected chi connectivity index (χ1v) is 5.88. The molecule has 1 saturated heterocycles. The maximum absolute atomic E-state index is 11.7. The molecule has 1 aliphatic rings. The van der Waals surface area contributed by atoms with Gasteiger partial charge >= 0.3 is 0 Å². The summed E-state index contributed by atoms with van der Waals surface area (Å²) in [6.07, 6.45) is 1.86. The minimum Gasteiger partial charge on any atom is -0.373 e. The number of nitrogens with one attached hydrogen (secondary N) is 2. The Morgan fingerprint density at radius 2 is 2.28 bits per heavy atom. The number of aromatic nitrogens is 1. The number of carbonyl (C=O) groups is 2. The van der Waals surface area contributed by atoms with Gasteiger partial charge in [0.1, 0.15) is 11.9 Å². The molecule has 2 N–H and O–H groups in total. The molecule has 0 saturated carbocycles. The summed E-state index contributed by atoms with van der Waals surface area (Å²) in [5.74, 6) is 0.396. The van der Waals surface area contributed by atoms with Crippen LogP contribution < -0.4 is 10.6 Å². The zero-order valence-electron chi connectivity index (χ0n) is 10.4. The van der Waals surface area contributed by atoms with E-state index in [0.29, 0.717) is 0 Å². The standard InChI is InChI=1S/C12H16N4O2/c1-3-13-10-6-8(4-5-14-10)15-9-7-11(17)16(2)12(9)18/h4-6,9H,3,7H2,1-2H3,(H2,13,14,15). The van der Waals surface area contributed by atoms with Crippen molar-refractivity contribution in [3.63, 3.8) is 0 Å². The van der Waals surface area contributed by atoms with Crippen LogP contribution >= 0.6 is 0 Å². The van der Waals surface area contributed by atoms with E-state index in [-0.39, 0.29) is 18.2 Å². The van der Waals surface area contributed by atoms with Gasteiger partial charge in [-0.05, 0) is 13.0 Å². The molecule has 1 atom stereocenters. The largest absolute Gasteiger partial charge is 0.373 e. The third-order valence-electron chi connectivity index (χ3n) is 2.84. The van der Waals surface area contributed by atoms with Crippen LogP contribution in [0, 0.1) is 0 Å². The summed E-state index contributed by atoms with van der Waals surface area (Å²) in [6, 6.07) is 3.12. The van der Waals surface area contributed by atoms with Gasteiger partial charge in [0, 0.05) is 31.5 Å². The first-order chi connectivity index (χ1) is 8.61. The number of likely N-dealkylation sites (tertiary alicyclic amines) is 1. The third-order valence-corrected chi connectivity index (χ3v) is 2.84. The molecule has 2 rings (SSSR count). The Labute approximate surface area is 105 Å². The average molecular weight is 248 g/mol. The highest BCUT2D eigenvalue weighted by molar-refractivity contribution is 6.06. The molecule has 0 aromatic carbocycles. The van der Waals surface area contributed by atoms with E-state index in [9.17, 15) is 9.59 Å². The fourth-order valence-electron chi connectivity index (χ4n) is 1.87. The Balaban J connectivity index is 2.08. The third kappa shape index (κ3) is 2.42. The van der Waals surface area contributed by atoms with Crippen LogP contribution in [0.2, 0.25) is 0 Å². The lowest BCUT2D eigenvalue weighted by atomic mass is 10.2. The van der Waals surface area contributed by atoms with Gasteiger partial charge in [0.2, 0.25) is 5.91 Å². The Morgan fingerprint density at radius 1 is 1.50 bits per heavy atom. The first-order valence-electron chi connectivity index (χ1n) is 5.88. The highest BCUT2D eigenvalue weighted by Gasteiger charge is 2.35. The smallest absolute Gasteiger partial charge is 0.251 e. The highest BCUT2D eigenvalue weighted by atomic mass is 16.2. The topological polar surface area (TPSA) is 74.3 Å². The Bertz CT molecular complexity index is 475. The zero-order valence-corrected chi connectivity index (χ0v) is 10.4. The molecule has 6 heteroatoms. The Morgan fingerprint density at radius 3 is 2.89 bits per heavy atom. The summed E-state index contributed by atoms with van der Waals surface area (Å²) in [6.45, 7) is 2.76. The second-order valence-electron chi connectivity index (χ2n) is 4.15. The van der Waals surface area contributed by atoms with E-state index >= 15 is 0 Å². The van der Waals surface area contributed by atoms with Crippen molar-refractivity contribution in [3.05, 3.63) is 18.3 Å². The molecule has 1 unspecified atom stereocenters. The zero-order chi connectivity index (χ0) is 13.1. The van der Waals surface area contributed by atoms with E-state index in [0.717, 1.165) is 22.9 Å². The van der Waals surface area contributed by atoms with Crippen LogP contribution in [0.5, 0.6) is 0 Å². The minimum atomic E-state index is -0.473. The van der Waals surface area contributed by atoms with Crippen LogP contribution in [0.3, 0.4) is 0 Å². The maximum atomic E-state index is 11.7. The normalized spacial score (nSPS) is 19.2. The summed E-state index contributed by atoms with van der Waals surface area (Å²) in [4.78, 5) is 28.4. The molecule has 0 aliphatic carbocycles. The van der Waals surface area contributed by atoms with E-state index in [1.807, 2.05) is 13.0 Å². The quantitative estimate of drug-likeness (QED) is 0.767. The van der Waals surface area contributed by atoms with E-state index in [4.69, 9.17) is 0 Å². The summed E-state index contributed by atoms with van der Waals surface area (Å²) < 4.78 is 0. The van der Waals surface area contributed by atoms with Gasteiger partial charge in [0.15, 0.2) is 0 Å². The van der Waals surface area contributed by atoms with Crippen molar-refractivity contribution < 1.29 is 9.59 Å². The number of nitrogens with zero attached hydrogens (tertiary/aromatic N) is 2. The summed E-state index contributed by atoms with van der Waals surface area (Å²) in [5.41, 5.74) is 0.780. The van der Waals surface area contributed by atoms with Crippen molar-refractivity contribution in [2.75, 3.05) is 24.2 Å². The number of amides is 2. The monoisotopic (exact) mass is 248 g/mol. The number of pyridine rings is 1. The van der Waals surface area contributed by atoms with E-state index in [2.05, 4.69) is 15.6 Å². The summed E-state index contributed by atoms with van der Waals surface area (Å²) in [5, 5.41) is 6.15. The summed E-state index contributed by atoms with van der Waals surface area (Å²) in [7, 11) is 1.50. The van der Waals surface area contributed by atoms with Gasteiger partial charge in [-0.15, -0.1) is 0 Å². The maximum Gasteiger partial charge on any atom is 0.251 e. The number of anilines is 2. The van der Waals surface area contributed by atoms with Crippen LogP contribution in [0.4, 0.5) is 11.5 Å². The molecule has 1 fully saturated rings. The molecule has 0 spiro atoms. The number of hydrogen-bond acceptors (Lipinski definition) is 5. The fraction of sp³-hybridized carbons (Fsp3) is 0.417. The van der Waals surface area contributed by atoms with E-state index in [1.165, 1.54) is 7.05 Å². The Hall–Kier alpha value is -2.11. The van der Waals surface area contributed by atoms with Crippen LogP contribution in [0.1, 0.15) is 13.3 Å². The average Bonchev–Trinajstić information content (AvgIpc) is 2.58. The van der Waals surface area contributed by atoms with Crippen molar-refractivity contribution in [2.45, 2.75) is 19.4 Å². The van der Waals surface area contributed by atoms with Crippen LogP contribution in [-0.4, -0.2) is 41.3 Å². The van der Waals surface area contributed by atoms with Crippen LogP contribution in [-0.2, 0) is 9.59 Å². The molecule has 96 valence electrons. The second kappa shape index (κ2) is 5.03. The number of hydrogen-bond donors (Lipinski definition) is 2. The van der Waals surface area contributed by atoms with Gasteiger partial charge in [0.05, 0.1) is 6.42 Å². The molecule has 0 radical (unpaired) electrons. The Kier molecular flexibility index (Phi) is 3.45. The van der Waals surface area contributed by atoms with E-state index < -0.39 is 6.04 Å². The molecular formula is C12H16N4O2. The minimum absolute atomic E-state index is 0.154. The predicted molar refractivity (Wildman–Crippen MR) is 68.2 cm³/mol. The molecule has 1 aromatic rings. The van der Waals surface area contributed by atoms with Gasteiger partial charge < -0.3 is 10.6 Å². The molecule has 1 aliphatic heterocycles. The van der Waals surface area contributed by atoms with Crippen molar-refractivity contribution in [1.82, 2.24) is 9.88 Å². The van der Waals surface area contributed by atoms with Gasteiger partial charge in [-0.1, -0.05) is 0 Å². The van der Waals surface area contributed by atoms with Crippen LogP contribution in [0.25, 0.3) is 0 Å². The number of rotatable bonds is 4. The van der Waals surface area contributed by atoms with Crippen LogP contribution in [0.15, 0.2) is 18.3 Å². The molecule has 2 heterocycles.